The molecule has 1 N–H and O–H groups in total. The summed E-state index contributed by atoms with van der Waals surface area (Å²) in [5.74, 6) is 0. The SMILES string of the molecule is CCCNC(CCc1cccs1)C1(OCC)CCCCC1. The van der Waals surface area contributed by atoms with Gasteiger partial charge in [0.15, 0.2) is 0 Å². The third-order valence-corrected chi connectivity index (χ3v) is 5.60. The molecule has 0 radical (unpaired) electrons. The number of hydrogen-bond acceptors (Lipinski definition) is 3. The van der Waals surface area contributed by atoms with E-state index in [0.29, 0.717) is 6.04 Å². The van der Waals surface area contributed by atoms with E-state index in [0.717, 1.165) is 13.2 Å². The molecule has 21 heavy (non-hydrogen) atoms. The molecular formula is C18H31NOS. The first-order valence-corrected chi connectivity index (χ1v) is 9.58. The quantitative estimate of drug-likeness (QED) is 0.708. The highest BCUT2D eigenvalue weighted by molar-refractivity contribution is 7.09. The third kappa shape index (κ3) is 4.80. The van der Waals surface area contributed by atoms with Crippen molar-refractivity contribution in [2.75, 3.05) is 13.2 Å². The first-order valence-electron chi connectivity index (χ1n) is 8.70. The van der Waals surface area contributed by atoms with E-state index in [1.165, 1.54) is 56.2 Å². The molecule has 1 saturated carbocycles. The van der Waals surface area contributed by atoms with Crippen LogP contribution < -0.4 is 5.32 Å². The fourth-order valence-electron chi connectivity index (χ4n) is 3.64. The van der Waals surface area contributed by atoms with Gasteiger partial charge in [-0.05, 0) is 57.0 Å². The van der Waals surface area contributed by atoms with E-state index >= 15 is 0 Å². The number of ether oxygens (including phenoxy) is 1. The summed E-state index contributed by atoms with van der Waals surface area (Å²) in [5.41, 5.74) is 0.0828. The van der Waals surface area contributed by atoms with E-state index in [2.05, 4.69) is 36.7 Å². The smallest absolute Gasteiger partial charge is 0.0834 e. The molecule has 1 heterocycles. The van der Waals surface area contributed by atoms with E-state index in [1.807, 2.05) is 11.3 Å². The van der Waals surface area contributed by atoms with Crippen LogP contribution in [0, 0.1) is 0 Å². The van der Waals surface area contributed by atoms with Gasteiger partial charge >= 0.3 is 0 Å². The molecule has 0 amide bonds. The van der Waals surface area contributed by atoms with Crippen LogP contribution >= 0.6 is 11.3 Å². The Bertz CT molecular complexity index is 365. The normalized spacial score (nSPS) is 19.5. The molecule has 1 unspecified atom stereocenters. The van der Waals surface area contributed by atoms with Crippen LogP contribution in [-0.2, 0) is 11.2 Å². The Hall–Kier alpha value is -0.380. The summed E-state index contributed by atoms with van der Waals surface area (Å²) in [5, 5.41) is 5.99. The standard InChI is InChI=1S/C18H31NOS/c1-3-14-19-17(11-10-16-9-8-15-21-16)18(20-4-2)12-6-5-7-13-18/h8-9,15,17,19H,3-7,10-14H2,1-2H3. The average Bonchev–Trinajstić information content (AvgIpc) is 3.02. The molecule has 0 aliphatic heterocycles. The van der Waals surface area contributed by atoms with Crippen molar-refractivity contribution in [3.05, 3.63) is 22.4 Å². The van der Waals surface area contributed by atoms with Crippen LogP contribution in [0.3, 0.4) is 0 Å². The molecule has 1 aliphatic carbocycles. The Morgan fingerprint density at radius 3 is 2.71 bits per heavy atom. The zero-order valence-electron chi connectivity index (χ0n) is 13.7. The summed E-state index contributed by atoms with van der Waals surface area (Å²) >= 11 is 1.88. The molecule has 1 aliphatic rings. The second-order valence-electron chi connectivity index (χ2n) is 6.18. The van der Waals surface area contributed by atoms with Crippen LogP contribution in [0.5, 0.6) is 0 Å². The topological polar surface area (TPSA) is 21.3 Å². The number of rotatable bonds is 9. The lowest BCUT2D eigenvalue weighted by molar-refractivity contribution is -0.0913. The molecule has 1 aromatic rings. The van der Waals surface area contributed by atoms with Gasteiger partial charge in [-0.25, -0.2) is 0 Å². The third-order valence-electron chi connectivity index (χ3n) is 4.67. The Balaban J connectivity index is 2.03. The highest BCUT2D eigenvalue weighted by Crippen LogP contribution is 2.36. The van der Waals surface area contributed by atoms with Crippen LogP contribution in [0.4, 0.5) is 0 Å². The molecule has 0 bridgehead atoms. The molecule has 1 atom stereocenters. The maximum atomic E-state index is 6.34. The second-order valence-corrected chi connectivity index (χ2v) is 7.22. The predicted octanol–water partition coefficient (Wildman–Crippen LogP) is 4.79. The van der Waals surface area contributed by atoms with Crippen molar-refractivity contribution in [3.8, 4) is 0 Å². The Labute approximate surface area is 134 Å². The highest BCUT2D eigenvalue weighted by atomic mass is 32.1. The molecule has 120 valence electrons. The fraction of sp³-hybridized carbons (Fsp3) is 0.778. The zero-order chi connectivity index (χ0) is 15.0. The molecule has 1 aromatic heterocycles. The largest absolute Gasteiger partial charge is 0.374 e. The van der Waals surface area contributed by atoms with Gasteiger partial charge in [-0.2, -0.15) is 0 Å². The monoisotopic (exact) mass is 309 g/mol. The molecule has 1 fully saturated rings. The van der Waals surface area contributed by atoms with Crippen molar-refractivity contribution in [1.82, 2.24) is 5.32 Å². The van der Waals surface area contributed by atoms with E-state index in [4.69, 9.17) is 4.74 Å². The van der Waals surface area contributed by atoms with Gasteiger partial charge in [-0.1, -0.05) is 32.3 Å². The minimum Gasteiger partial charge on any atom is -0.374 e. The number of hydrogen-bond donors (Lipinski definition) is 1. The molecule has 0 saturated heterocycles. The first kappa shape index (κ1) is 17.0. The van der Waals surface area contributed by atoms with Gasteiger partial charge in [-0.15, -0.1) is 11.3 Å². The maximum absolute atomic E-state index is 6.34. The Morgan fingerprint density at radius 2 is 2.10 bits per heavy atom. The molecule has 3 heteroatoms. The van der Waals surface area contributed by atoms with E-state index in [9.17, 15) is 0 Å². The van der Waals surface area contributed by atoms with Gasteiger partial charge in [0.25, 0.3) is 0 Å². The Morgan fingerprint density at radius 1 is 1.29 bits per heavy atom. The fourth-order valence-corrected chi connectivity index (χ4v) is 4.37. The van der Waals surface area contributed by atoms with Crippen LogP contribution in [0.2, 0.25) is 0 Å². The average molecular weight is 310 g/mol. The van der Waals surface area contributed by atoms with Crippen molar-refractivity contribution in [2.24, 2.45) is 0 Å². The molecule has 2 nitrogen and oxygen atoms in total. The maximum Gasteiger partial charge on any atom is 0.0834 e. The van der Waals surface area contributed by atoms with Gasteiger partial charge in [0.05, 0.1) is 5.60 Å². The second kappa shape index (κ2) is 8.92. The van der Waals surface area contributed by atoms with E-state index < -0.39 is 0 Å². The van der Waals surface area contributed by atoms with Crippen LogP contribution in [0.25, 0.3) is 0 Å². The lowest BCUT2D eigenvalue weighted by Gasteiger charge is -2.44. The van der Waals surface area contributed by atoms with Gasteiger partial charge in [0, 0.05) is 17.5 Å². The number of thiophene rings is 1. The van der Waals surface area contributed by atoms with Crippen molar-refractivity contribution >= 4 is 11.3 Å². The van der Waals surface area contributed by atoms with Crippen LogP contribution in [0.1, 0.15) is 63.7 Å². The van der Waals surface area contributed by atoms with Gasteiger partial charge in [-0.3, -0.25) is 0 Å². The van der Waals surface area contributed by atoms with Crippen molar-refractivity contribution < 1.29 is 4.74 Å². The Kier molecular flexibility index (Phi) is 7.21. The minimum atomic E-state index is 0.0828. The summed E-state index contributed by atoms with van der Waals surface area (Å²) in [6, 6.07) is 4.92. The number of nitrogens with one attached hydrogen (secondary N) is 1. The zero-order valence-corrected chi connectivity index (χ0v) is 14.5. The van der Waals surface area contributed by atoms with Crippen molar-refractivity contribution in [2.45, 2.75) is 76.9 Å². The van der Waals surface area contributed by atoms with E-state index in [1.54, 1.807) is 0 Å². The minimum absolute atomic E-state index is 0.0828. The van der Waals surface area contributed by atoms with Crippen LogP contribution in [0.15, 0.2) is 17.5 Å². The van der Waals surface area contributed by atoms with Gasteiger partial charge in [0.2, 0.25) is 0 Å². The lowest BCUT2D eigenvalue weighted by atomic mass is 9.77. The summed E-state index contributed by atoms with van der Waals surface area (Å²) in [7, 11) is 0. The summed E-state index contributed by atoms with van der Waals surface area (Å²) < 4.78 is 6.34. The number of aryl methyl sites for hydroxylation is 1. The predicted molar refractivity (Wildman–Crippen MR) is 92.2 cm³/mol. The lowest BCUT2D eigenvalue weighted by Crippen LogP contribution is -2.54. The summed E-state index contributed by atoms with van der Waals surface area (Å²) in [6.45, 7) is 6.33. The van der Waals surface area contributed by atoms with E-state index in [-0.39, 0.29) is 5.60 Å². The van der Waals surface area contributed by atoms with Gasteiger partial charge in [0.1, 0.15) is 0 Å². The van der Waals surface area contributed by atoms with Gasteiger partial charge < -0.3 is 10.1 Å². The molecule has 2 rings (SSSR count). The molecular weight excluding hydrogens is 278 g/mol. The van der Waals surface area contributed by atoms with Crippen molar-refractivity contribution in [1.29, 1.82) is 0 Å². The first-order chi connectivity index (χ1) is 10.3. The highest BCUT2D eigenvalue weighted by Gasteiger charge is 2.39. The van der Waals surface area contributed by atoms with Crippen LogP contribution in [-0.4, -0.2) is 24.8 Å². The molecule has 0 spiro atoms. The molecule has 0 aromatic carbocycles. The summed E-state index contributed by atoms with van der Waals surface area (Å²) in [6.07, 6.45) is 10.0. The van der Waals surface area contributed by atoms with Crippen molar-refractivity contribution in [3.63, 3.8) is 0 Å². The summed E-state index contributed by atoms with van der Waals surface area (Å²) in [4.78, 5) is 1.50.